The van der Waals surface area contributed by atoms with Crippen LogP contribution < -0.4 is 4.74 Å². The Morgan fingerprint density at radius 1 is 0.900 bits per heavy atom. The molecule has 0 amide bonds. The zero-order valence-corrected chi connectivity index (χ0v) is 18.7. The van der Waals surface area contributed by atoms with Crippen LogP contribution in [0.5, 0.6) is 5.88 Å². The Morgan fingerprint density at radius 3 is 2.30 bits per heavy atom. The van der Waals surface area contributed by atoms with Crippen molar-refractivity contribution in [3.05, 3.63) is 41.7 Å². The fraction of sp³-hybridized carbons (Fsp3) is 0.615. The molecule has 1 saturated carbocycles. The van der Waals surface area contributed by atoms with E-state index in [4.69, 9.17) is 4.74 Å². The number of nitrogens with zero attached hydrogens (tertiary/aromatic N) is 2. The molecule has 0 saturated heterocycles. The highest BCUT2D eigenvalue weighted by Crippen LogP contribution is 2.34. The van der Waals surface area contributed by atoms with Gasteiger partial charge in [0.05, 0.1) is 12.3 Å². The van der Waals surface area contributed by atoms with Crippen molar-refractivity contribution in [3.63, 3.8) is 0 Å². The van der Waals surface area contributed by atoms with Gasteiger partial charge in [-0.15, -0.1) is 10.2 Å². The third-order valence-electron chi connectivity index (χ3n) is 6.47. The van der Waals surface area contributed by atoms with Gasteiger partial charge in [0, 0.05) is 11.6 Å². The largest absolute Gasteiger partial charge is 0.477 e. The van der Waals surface area contributed by atoms with Crippen LogP contribution in [0.2, 0.25) is 0 Å². The molecule has 4 heteroatoms. The first kappa shape index (κ1) is 22.7. The van der Waals surface area contributed by atoms with Crippen molar-refractivity contribution in [1.29, 1.82) is 0 Å². The number of hydrogen-bond donors (Lipinski definition) is 0. The number of rotatable bonds is 11. The van der Waals surface area contributed by atoms with Crippen molar-refractivity contribution in [2.45, 2.75) is 84.5 Å². The highest BCUT2D eigenvalue weighted by atomic mass is 19.1. The fourth-order valence-corrected chi connectivity index (χ4v) is 4.57. The summed E-state index contributed by atoms with van der Waals surface area (Å²) >= 11 is 0. The minimum Gasteiger partial charge on any atom is -0.477 e. The molecule has 0 unspecified atom stereocenters. The van der Waals surface area contributed by atoms with Gasteiger partial charge in [0.2, 0.25) is 5.88 Å². The van der Waals surface area contributed by atoms with Crippen molar-refractivity contribution >= 4 is 0 Å². The lowest BCUT2D eigenvalue weighted by Crippen LogP contribution is -2.15. The predicted octanol–water partition coefficient (Wildman–Crippen LogP) is 7.39. The van der Waals surface area contributed by atoms with Crippen LogP contribution in [0.1, 0.15) is 83.6 Å². The maximum atomic E-state index is 14.7. The summed E-state index contributed by atoms with van der Waals surface area (Å²) in [6.07, 6.45) is 13.3. The number of aromatic nitrogens is 2. The van der Waals surface area contributed by atoms with E-state index in [9.17, 15) is 4.39 Å². The summed E-state index contributed by atoms with van der Waals surface area (Å²) < 4.78 is 20.3. The van der Waals surface area contributed by atoms with E-state index in [0.29, 0.717) is 18.2 Å². The van der Waals surface area contributed by atoms with Gasteiger partial charge in [-0.2, -0.15) is 0 Å². The van der Waals surface area contributed by atoms with Crippen LogP contribution in [-0.2, 0) is 6.42 Å². The van der Waals surface area contributed by atoms with Gasteiger partial charge >= 0.3 is 0 Å². The van der Waals surface area contributed by atoms with E-state index in [-0.39, 0.29) is 5.82 Å². The Balaban J connectivity index is 1.50. The Kier molecular flexibility index (Phi) is 9.10. The molecule has 1 heterocycles. The normalized spacial score (nSPS) is 19.0. The topological polar surface area (TPSA) is 35.0 Å². The molecule has 0 atom stereocenters. The van der Waals surface area contributed by atoms with E-state index in [1.807, 2.05) is 24.3 Å². The lowest BCUT2D eigenvalue weighted by molar-refractivity contribution is 0.252. The molecule has 3 rings (SSSR count). The number of hydrogen-bond acceptors (Lipinski definition) is 3. The van der Waals surface area contributed by atoms with Crippen molar-refractivity contribution in [2.24, 2.45) is 11.8 Å². The average molecular weight is 413 g/mol. The Bertz CT molecular complexity index is 754. The van der Waals surface area contributed by atoms with E-state index >= 15 is 0 Å². The van der Waals surface area contributed by atoms with Crippen LogP contribution in [0, 0.1) is 17.7 Å². The van der Waals surface area contributed by atoms with Gasteiger partial charge in [-0.05, 0) is 48.8 Å². The highest BCUT2D eigenvalue weighted by molar-refractivity contribution is 5.59. The Labute approximate surface area is 181 Å². The number of ether oxygens (including phenoxy) is 1. The van der Waals surface area contributed by atoms with Crippen LogP contribution in [0.3, 0.4) is 0 Å². The van der Waals surface area contributed by atoms with Crippen molar-refractivity contribution < 1.29 is 9.13 Å². The number of aryl methyl sites for hydroxylation is 1. The van der Waals surface area contributed by atoms with Gasteiger partial charge in [0.1, 0.15) is 5.82 Å². The maximum absolute atomic E-state index is 14.7. The van der Waals surface area contributed by atoms with Gasteiger partial charge in [0.25, 0.3) is 0 Å². The summed E-state index contributed by atoms with van der Waals surface area (Å²) in [6.45, 7) is 5.10. The fourth-order valence-electron chi connectivity index (χ4n) is 4.57. The minimum atomic E-state index is -0.131. The van der Waals surface area contributed by atoms with Crippen LogP contribution >= 0.6 is 0 Å². The predicted molar refractivity (Wildman–Crippen MR) is 121 cm³/mol. The lowest BCUT2D eigenvalue weighted by atomic mass is 9.78. The van der Waals surface area contributed by atoms with Crippen LogP contribution in [-0.4, -0.2) is 16.8 Å². The smallest absolute Gasteiger partial charge is 0.233 e. The molecule has 0 N–H and O–H groups in total. The number of unbranched alkanes of at least 4 members (excludes halogenated alkanes) is 2. The van der Waals surface area contributed by atoms with Crippen molar-refractivity contribution in [2.75, 3.05) is 6.61 Å². The molecule has 1 aliphatic rings. The van der Waals surface area contributed by atoms with E-state index in [1.165, 1.54) is 38.5 Å². The molecule has 1 aromatic carbocycles. The SMILES string of the molecule is CCCCCOc1ccc(-c2ccc(CCC3CCC(CCC)CC3)c(F)c2)nn1. The van der Waals surface area contributed by atoms with Crippen molar-refractivity contribution in [3.8, 4) is 17.1 Å². The first-order chi connectivity index (χ1) is 14.7. The molecule has 2 aromatic rings. The summed E-state index contributed by atoms with van der Waals surface area (Å²) in [5.74, 6) is 2.08. The number of halogens is 1. The lowest BCUT2D eigenvalue weighted by Gasteiger charge is -2.28. The average Bonchev–Trinajstić information content (AvgIpc) is 2.77. The molecule has 30 heavy (non-hydrogen) atoms. The van der Waals surface area contributed by atoms with E-state index in [0.717, 1.165) is 55.1 Å². The van der Waals surface area contributed by atoms with Crippen LogP contribution in [0.25, 0.3) is 11.3 Å². The molecule has 1 aromatic heterocycles. The summed E-state index contributed by atoms with van der Waals surface area (Å²) in [7, 11) is 0. The zero-order chi connectivity index (χ0) is 21.2. The first-order valence-corrected chi connectivity index (χ1v) is 11.9. The Hall–Kier alpha value is -1.97. The summed E-state index contributed by atoms with van der Waals surface area (Å²) in [5.41, 5.74) is 2.26. The van der Waals surface area contributed by atoms with Crippen LogP contribution in [0.4, 0.5) is 4.39 Å². The van der Waals surface area contributed by atoms with E-state index in [2.05, 4.69) is 24.0 Å². The van der Waals surface area contributed by atoms with Crippen molar-refractivity contribution in [1.82, 2.24) is 10.2 Å². The summed E-state index contributed by atoms with van der Waals surface area (Å²) in [6, 6.07) is 9.15. The second-order valence-corrected chi connectivity index (χ2v) is 8.83. The molecular weight excluding hydrogens is 375 g/mol. The molecule has 3 nitrogen and oxygen atoms in total. The first-order valence-electron chi connectivity index (χ1n) is 11.9. The molecular formula is C26H37FN2O. The zero-order valence-electron chi connectivity index (χ0n) is 18.7. The molecule has 1 fully saturated rings. The molecule has 164 valence electrons. The standard InChI is InChI=1S/C26H37FN2O/c1-3-5-6-18-30-26-17-16-25(28-29-26)23-15-14-22(24(27)19-23)13-12-21-10-8-20(7-4-2)9-11-21/h14-17,19-21H,3-13,18H2,1-2H3. The highest BCUT2D eigenvalue weighted by Gasteiger charge is 2.20. The number of benzene rings is 1. The molecule has 0 aliphatic heterocycles. The summed E-state index contributed by atoms with van der Waals surface area (Å²) in [4.78, 5) is 0. The second-order valence-electron chi connectivity index (χ2n) is 8.83. The monoisotopic (exact) mass is 412 g/mol. The minimum absolute atomic E-state index is 0.131. The third kappa shape index (κ3) is 6.78. The van der Waals surface area contributed by atoms with Crippen LogP contribution in [0.15, 0.2) is 30.3 Å². The van der Waals surface area contributed by atoms with Gasteiger partial charge in [-0.1, -0.05) is 77.3 Å². The summed E-state index contributed by atoms with van der Waals surface area (Å²) in [5, 5.41) is 8.35. The maximum Gasteiger partial charge on any atom is 0.233 e. The second kappa shape index (κ2) is 12.0. The molecule has 1 aliphatic carbocycles. The van der Waals surface area contributed by atoms with Gasteiger partial charge in [0.15, 0.2) is 0 Å². The molecule has 0 spiro atoms. The van der Waals surface area contributed by atoms with Gasteiger partial charge in [-0.3, -0.25) is 0 Å². The quantitative estimate of drug-likeness (QED) is 0.361. The molecule has 0 radical (unpaired) electrons. The van der Waals surface area contributed by atoms with E-state index < -0.39 is 0 Å². The van der Waals surface area contributed by atoms with E-state index in [1.54, 1.807) is 6.07 Å². The molecule has 0 bridgehead atoms. The third-order valence-corrected chi connectivity index (χ3v) is 6.47. The van der Waals surface area contributed by atoms with Gasteiger partial charge < -0.3 is 4.74 Å². The Morgan fingerprint density at radius 2 is 1.67 bits per heavy atom. The van der Waals surface area contributed by atoms with Gasteiger partial charge in [-0.25, -0.2) is 4.39 Å².